The maximum absolute atomic E-state index is 11.1. The van der Waals surface area contributed by atoms with Crippen molar-refractivity contribution < 1.29 is 18.8 Å². The molecule has 1 saturated heterocycles. The number of hydrogen-bond donors (Lipinski definition) is 1. The van der Waals surface area contributed by atoms with Crippen LogP contribution in [0.1, 0.15) is 6.92 Å². The number of nitrogens with zero attached hydrogens (tertiary/aromatic N) is 3. The van der Waals surface area contributed by atoms with E-state index in [4.69, 9.17) is 10.1 Å². The number of Topliss-reactive ketones (excluding diaryl/α,β-unsaturated/α-hetero) is 1. The number of carbonyl (C=O) groups excluding carboxylic acids is 1. The molecule has 1 unspecified atom stereocenters. The zero-order valence-electron chi connectivity index (χ0n) is 8.34. The van der Waals surface area contributed by atoms with Gasteiger partial charge >= 0.3 is 0 Å². The Kier molecular flexibility index (Phi) is 2.55. The number of ether oxygens (including phenoxy) is 1. The number of rotatable bonds is 2. The molecule has 0 amide bonds. The molecule has 0 aromatic carbocycles. The third-order valence-electron chi connectivity index (χ3n) is 2.24. The molecule has 2 rings (SSSR count). The van der Waals surface area contributed by atoms with Crippen LogP contribution in [0.5, 0.6) is 0 Å². The molecule has 0 aliphatic carbocycles. The molecule has 1 aromatic rings. The van der Waals surface area contributed by atoms with E-state index in [0.717, 1.165) is 0 Å². The SMILES string of the molecule is CC(=O)C1CN([n+]2cc(=N)o[n-]2)CCO1. The molecule has 1 N–H and O–H groups in total. The first-order valence-corrected chi connectivity index (χ1v) is 4.64. The summed E-state index contributed by atoms with van der Waals surface area (Å²) in [5, 5.41) is 12.6. The normalized spacial score (nSPS) is 21.7. The third-order valence-corrected chi connectivity index (χ3v) is 2.24. The van der Waals surface area contributed by atoms with E-state index in [9.17, 15) is 4.79 Å². The molecule has 7 nitrogen and oxygen atoms in total. The predicted octanol–water partition coefficient (Wildman–Crippen LogP) is -2.07. The molecule has 1 aliphatic heterocycles. The van der Waals surface area contributed by atoms with E-state index in [1.54, 1.807) is 5.01 Å². The molecule has 15 heavy (non-hydrogen) atoms. The second kappa shape index (κ2) is 3.85. The highest BCUT2D eigenvalue weighted by Crippen LogP contribution is 2.01. The van der Waals surface area contributed by atoms with Gasteiger partial charge in [0.1, 0.15) is 6.10 Å². The molecule has 1 aliphatic rings. The van der Waals surface area contributed by atoms with E-state index in [1.165, 1.54) is 17.9 Å². The van der Waals surface area contributed by atoms with Crippen LogP contribution in [0.2, 0.25) is 0 Å². The third kappa shape index (κ3) is 2.07. The topological polar surface area (TPSA) is 84.5 Å². The van der Waals surface area contributed by atoms with Gasteiger partial charge < -0.3 is 9.26 Å². The number of morpholine rings is 1. The van der Waals surface area contributed by atoms with Gasteiger partial charge in [-0.15, -0.1) is 0 Å². The summed E-state index contributed by atoms with van der Waals surface area (Å²) in [5.74, 6) is -0.00473. The van der Waals surface area contributed by atoms with Crippen LogP contribution in [-0.2, 0) is 9.53 Å². The number of aromatic nitrogens is 2. The second-order valence-corrected chi connectivity index (χ2v) is 3.37. The summed E-state index contributed by atoms with van der Waals surface area (Å²) in [6.07, 6.45) is 1.03. The average molecular weight is 212 g/mol. The van der Waals surface area contributed by atoms with Gasteiger partial charge in [-0.2, -0.15) is 0 Å². The maximum atomic E-state index is 11.1. The summed E-state index contributed by atoms with van der Waals surface area (Å²) in [4.78, 5) is 12.6. The number of carbonyl (C=O) groups is 1. The van der Waals surface area contributed by atoms with Crippen LogP contribution < -0.4 is 20.6 Å². The Balaban J connectivity index is 2.10. The molecular formula is C8H12N4O3. The van der Waals surface area contributed by atoms with Crippen LogP contribution in [0.25, 0.3) is 0 Å². The van der Waals surface area contributed by atoms with Crippen molar-refractivity contribution in [1.29, 1.82) is 5.41 Å². The largest absolute Gasteiger partial charge is 0.380 e. The fourth-order valence-corrected chi connectivity index (χ4v) is 1.44. The van der Waals surface area contributed by atoms with Gasteiger partial charge in [-0.05, 0) is 12.2 Å². The van der Waals surface area contributed by atoms with Gasteiger partial charge in [0.2, 0.25) is 0 Å². The van der Waals surface area contributed by atoms with Gasteiger partial charge in [-0.3, -0.25) is 15.2 Å². The highest BCUT2D eigenvalue weighted by Gasteiger charge is 2.24. The highest BCUT2D eigenvalue weighted by molar-refractivity contribution is 5.80. The molecule has 1 fully saturated rings. The minimum absolute atomic E-state index is 0.00473. The Morgan fingerprint density at radius 2 is 2.60 bits per heavy atom. The smallest absolute Gasteiger partial charge is 0.286 e. The van der Waals surface area contributed by atoms with E-state index in [2.05, 4.69) is 9.79 Å². The lowest BCUT2D eigenvalue weighted by Crippen LogP contribution is -2.66. The van der Waals surface area contributed by atoms with Gasteiger partial charge in [0.05, 0.1) is 6.61 Å². The van der Waals surface area contributed by atoms with Crippen molar-refractivity contribution in [2.24, 2.45) is 0 Å². The second-order valence-electron chi connectivity index (χ2n) is 3.37. The molecule has 0 bridgehead atoms. The van der Waals surface area contributed by atoms with Crippen molar-refractivity contribution in [3.05, 3.63) is 11.8 Å². The fraction of sp³-hybridized carbons (Fsp3) is 0.625. The summed E-state index contributed by atoms with van der Waals surface area (Å²) >= 11 is 0. The van der Waals surface area contributed by atoms with Crippen LogP contribution in [0.4, 0.5) is 0 Å². The zero-order valence-corrected chi connectivity index (χ0v) is 8.34. The van der Waals surface area contributed by atoms with Gasteiger partial charge in [0.25, 0.3) is 11.8 Å². The Hall–Kier alpha value is -1.63. The van der Waals surface area contributed by atoms with Crippen molar-refractivity contribution >= 4 is 5.78 Å². The standard InChI is InChI=1S/C8H12N4O3/c1-6(13)7-4-11(2-3-14-7)12-5-8(9)15-10-12/h5,7,9H,2-4H2,1H3. The van der Waals surface area contributed by atoms with E-state index in [1.807, 2.05) is 0 Å². The van der Waals surface area contributed by atoms with Crippen molar-refractivity contribution in [2.45, 2.75) is 13.0 Å². The van der Waals surface area contributed by atoms with Crippen LogP contribution in [0.3, 0.4) is 0 Å². The van der Waals surface area contributed by atoms with E-state index in [0.29, 0.717) is 19.7 Å². The molecule has 0 saturated carbocycles. The average Bonchev–Trinajstić information content (AvgIpc) is 2.65. The van der Waals surface area contributed by atoms with E-state index in [-0.39, 0.29) is 11.3 Å². The Morgan fingerprint density at radius 3 is 3.20 bits per heavy atom. The van der Waals surface area contributed by atoms with Crippen molar-refractivity contribution in [3.8, 4) is 0 Å². The summed E-state index contributed by atoms with van der Waals surface area (Å²) in [5.41, 5.74) is -0.0131. The molecule has 1 atom stereocenters. The van der Waals surface area contributed by atoms with E-state index >= 15 is 0 Å². The van der Waals surface area contributed by atoms with Crippen LogP contribution in [0.15, 0.2) is 10.7 Å². The van der Waals surface area contributed by atoms with Gasteiger partial charge in [-0.25, -0.2) is 0 Å². The lowest BCUT2D eigenvalue weighted by Gasteiger charge is -2.31. The summed E-state index contributed by atoms with van der Waals surface area (Å²) in [6.45, 7) is 3.03. The predicted molar refractivity (Wildman–Crippen MR) is 46.4 cm³/mol. The first kappa shape index (κ1) is 9.91. The van der Waals surface area contributed by atoms with Crippen LogP contribution in [0, 0.1) is 5.41 Å². The fourth-order valence-electron chi connectivity index (χ4n) is 1.44. The molecule has 0 radical (unpaired) electrons. The monoisotopic (exact) mass is 212 g/mol. The van der Waals surface area contributed by atoms with Gasteiger partial charge in [0, 0.05) is 13.1 Å². The lowest BCUT2D eigenvalue weighted by atomic mass is 10.2. The Bertz CT molecular complexity index is 410. The van der Waals surface area contributed by atoms with Crippen molar-refractivity contribution in [2.75, 3.05) is 24.7 Å². The Morgan fingerprint density at radius 1 is 1.80 bits per heavy atom. The van der Waals surface area contributed by atoms with Gasteiger partial charge in [0.15, 0.2) is 5.78 Å². The molecule has 82 valence electrons. The number of ketones is 1. The van der Waals surface area contributed by atoms with Crippen LogP contribution in [-0.4, -0.2) is 31.6 Å². The molecule has 2 heterocycles. The molecule has 1 aromatic heterocycles. The first-order chi connectivity index (χ1) is 7.16. The quantitative estimate of drug-likeness (QED) is 0.569. The molecule has 7 heteroatoms. The highest BCUT2D eigenvalue weighted by atomic mass is 16.5. The summed E-state index contributed by atoms with van der Waals surface area (Å²) in [7, 11) is 0. The summed E-state index contributed by atoms with van der Waals surface area (Å²) < 4.78 is 9.91. The minimum atomic E-state index is -0.419. The van der Waals surface area contributed by atoms with Gasteiger partial charge in [-0.1, -0.05) is 4.79 Å². The van der Waals surface area contributed by atoms with Crippen LogP contribution >= 0.6 is 0 Å². The molecule has 0 spiro atoms. The summed E-state index contributed by atoms with van der Waals surface area (Å²) in [6, 6.07) is 0. The Labute approximate surface area is 85.7 Å². The zero-order chi connectivity index (χ0) is 10.8. The maximum Gasteiger partial charge on any atom is 0.286 e. The van der Waals surface area contributed by atoms with Crippen molar-refractivity contribution in [3.63, 3.8) is 0 Å². The van der Waals surface area contributed by atoms with E-state index < -0.39 is 6.10 Å². The van der Waals surface area contributed by atoms with Crippen molar-refractivity contribution in [1.82, 2.24) is 5.27 Å². The number of nitrogens with one attached hydrogen (secondary N) is 1. The molecular weight excluding hydrogens is 200 g/mol. The lowest BCUT2D eigenvalue weighted by molar-refractivity contribution is -0.765. The minimum Gasteiger partial charge on any atom is -0.380 e. The first-order valence-electron chi connectivity index (χ1n) is 4.64. The number of hydrogen-bond acceptors (Lipinski definition) is 5.